The van der Waals surface area contributed by atoms with Crippen molar-refractivity contribution in [3.63, 3.8) is 0 Å². The lowest BCUT2D eigenvalue weighted by Crippen LogP contribution is -2.17. The average Bonchev–Trinajstić information content (AvgIpc) is 3.07. The molecule has 1 aromatic heterocycles. The molecule has 1 heterocycles. The molecule has 0 spiro atoms. The van der Waals surface area contributed by atoms with Crippen LogP contribution in [0, 0.1) is 5.92 Å². The van der Waals surface area contributed by atoms with E-state index >= 15 is 0 Å². The van der Waals surface area contributed by atoms with Gasteiger partial charge >= 0.3 is 0 Å². The third kappa shape index (κ3) is 3.09. The fraction of sp³-hybridized carbons (Fsp3) is 0.786. The summed E-state index contributed by atoms with van der Waals surface area (Å²) in [4.78, 5) is 7.99. The Hall–Kier alpha value is -0.830. The summed E-state index contributed by atoms with van der Waals surface area (Å²) in [5, 5.41) is 3.49. The SMILES string of the molecule is c1nc(CNCC2CC2)[nH]c1C1CCCCC1. The van der Waals surface area contributed by atoms with E-state index in [4.69, 9.17) is 0 Å². The van der Waals surface area contributed by atoms with Crippen LogP contribution in [0.3, 0.4) is 0 Å². The fourth-order valence-corrected chi connectivity index (χ4v) is 2.81. The van der Waals surface area contributed by atoms with Gasteiger partial charge in [0.25, 0.3) is 0 Å². The van der Waals surface area contributed by atoms with Crippen molar-refractivity contribution >= 4 is 0 Å². The second kappa shape index (κ2) is 5.21. The van der Waals surface area contributed by atoms with Crippen LogP contribution in [0.1, 0.15) is 62.4 Å². The predicted molar refractivity (Wildman–Crippen MR) is 68.8 cm³/mol. The van der Waals surface area contributed by atoms with E-state index in [1.165, 1.54) is 57.2 Å². The lowest BCUT2D eigenvalue weighted by Gasteiger charge is -2.19. The highest BCUT2D eigenvalue weighted by molar-refractivity contribution is 5.08. The van der Waals surface area contributed by atoms with Crippen molar-refractivity contribution in [3.05, 3.63) is 17.7 Å². The van der Waals surface area contributed by atoms with Crippen LogP contribution in [0.2, 0.25) is 0 Å². The summed E-state index contributed by atoms with van der Waals surface area (Å²) in [7, 11) is 0. The van der Waals surface area contributed by atoms with Crippen LogP contribution in [0.25, 0.3) is 0 Å². The average molecular weight is 233 g/mol. The highest BCUT2D eigenvalue weighted by atomic mass is 15.0. The lowest BCUT2D eigenvalue weighted by molar-refractivity contribution is 0.437. The molecule has 0 amide bonds. The molecule has 0 bridgehead atoms. The van der Waals surface area contributed by atoms with E-state index in [0.717, 1.165) is 24.2 Å². The molecule has 2 N–H and O–H groups in total. The van der Waals surface area contributed by atoms with Crippen LogP contribution < -0.4 is 5.32 Å². The first-order valence-electron chi connectivity index (χ1n) is 7.16. The summed E-state index contributed by atoms with van der Waals surface area (Å²) in [6.45, 7) is 2.07. The van der Waals surface area contributed by atoms with Gasteiger partial charge in [0, 0.05) is 17.8 Å². The van der Waals surface area contributed by atoms with Crippen LogP contribution in [-0.4, -0.2) is 16.5 Å². The van der Waals surface area contributed by atoms with Crippen molar-refractivity contribution in [2.24, 2.45) is 5.92 Å². The predicted octanol–water partition coefficient (Wildman–Crippen LogP) is 2.96. The summed E-state index contributed by atoms with van der Waals surface area (Å²) >= 11 is 0. The monoisotopic (exact) mass is 233 g/mol. The zero-order chi connectivity index (χ0) is 11.5. The first-order chi connectivity index (χ1) is 8.42. The number of rotatable bonds is 5. The van der Waals surface area contributed by atoms with E-state index in [2.05, 4.69) is 21.5 Å². The molecule has 0 atom stereocenters. The van der Waals surface area contributed by atoms with Gasteiger partial charge < -0.3 is 10.3 Å². The number of H-pyrrole nitrogens is 1. The summed E-state index contributed by atoms with van der Waals surface area (Å²) in [5.41, 5.74) is 1.37. The summed E-state index contributed by atoms with van der Waals surface area (Å²) in [6, 6.07) is 0. The Morgan fingerprint density at radius 3 is 2.76 bits per heavy atom. The Balaban J connectivity index is 1.49. The number of hydrogen-bond acceptors (Lipinski definition) is 2. The van der Waals surface area contributed by atoms with Crippen molar-refractivity contribution in [2.75, 3.05) is 6.54 Å². The van der Waals surface area contributed by atoms with Crippen molar-refractivity contribution < 1.29 is 0 Å². The standard InChI is InChI=1S/C14H23N3/c1-2-4-12(5-3-1)13-9-16-14(17-13)10-15-8-11-6-7-11/h9,11-12,15H,1-8,10H2,(H,16,17). The van der Waals surface area contributed by atoms with E-state index in [1.54, 1.807) is 0 Å². The van der Waals surface area contributed by atoms with Gasteiger partial charge in [0.15, 0.2) is 0 Å². The largest absolute Gasteiger partial charge is 0.345 e. The van der Waals surface area contributed by atoms with E-state index in [1.807, 2.05) is 0 Å². The van der Waals surface area contributed by atoms with Crippen LogP contribution >= 0.6 is 0 Å². The molecule has 0 saturated heterocycles. The molecule has 0 radical (unpaired) electrons. The van der Waals surface area contributed by atoms with Gasteiger partial charge in [-0.15, -0.1) is 0 Å². The molecular weight excluding hydrogens is 210 g/mol. The topological polar surface area (TPSA) is 40.7 Å². The van der Waals surface area contributed by atoms with E-state index < -0.39 is 0 Å². The van der Waals surface area contributed by atoms with Gasteiger partial charge in [0.05, 0.1) is 6.54 Å². The molecule has 2 aliphatic rings. The van der Waals surface area contributed by atoms with E-state index in [0.29, 0.717) is 0 Å². The van der Waals surface area contributed by atoms with Gasteiger partial charge in [0.2, 0.25) is 0 Å². The number of aromatic amines is 1. The minimum Gasteiger partial charge on any atom is -0.345 e. The van der Waals surface area contributed by atoms with Crippen LogP contribution in [0.15, 0.2) is 6.20 Å². The quantitative estimate of drug-likeness (QED) is 0.821. The number of imidazole rings is 1. The molecule has 2 fully saturated rings. The van der Waals surface area contributed by atoms with Gasteiger partial charge in [-0.2, -0.15) is 0 Å². The highest BCUT2D eigenvalue weighted by Gasteiger charge is 2.21. The van der Waals surface area contributed by atoms with Crippen molar-refractivity contribution in [1.82, 2.24) is 15.3 Å². The maximum absolute atomic E-state index is 4.49. The normalized spacial score (nSPS) is 21.9. The second-order valence-corrected chi connectivity index (χ2v) is 5.69. The van der Waals surface area contributed by atoms with E-state index in [-0.39, 0.29) is 0 Å². The molecule has 2 aliphatic carbocycles. The Bertz CT molecular complexity index is 348. The third-order valence-electron chi connectivity index (χ3n) is 4.12. The van der Waals surface area contributed by atoms with Gasteiger partial charge in [-0.1, -0.05) is 19.3 Å². The number of hydrogen-bond donors (Lipinski definition) is 2. The van der Waals surface area contributed by atoms with Crippen molar-refractivity contribution in [1.29, 1.82) is 0 Å². The molecule has 17 heavy (non-hydrogen) atoms. The fourth-order valence-electron chi connectivity index (χ4n) is 2.81. The Morgan fingerprint density at radius 2 is 2.00 bits per heavy atom. The zero-order valence-corrected chi connectivity index (χ0v) is 10.5. The molecular formula is C14H23N3. The van der Waals surface area contributed by atoms with Gasteiger partial charge in [-0.25, -0.2) is 4.98 Å². The molecule has 3 nitrogen and oxygen atoms in total. The molecule has 0 unspecified atom stereocenters. The van der Waals surface area contributed by atoms with Crippen LogP contribution in [0.4, 0.5) is 0 Å². The smallest absolute Gasteiger partial charge is 0.120 e. The van der Waals surface area contributed by atoms with Gasteiger partial charge in [-0.05, 0) is 38.1 Å². The molecule has 2 saturated carbocycles. The molecule has 3 heteroatoms. The van der Waals surface area contributed by atoms with Crippen molar-refractivity contribution in [3.8, 4) is 0 Å². The molecule has 0 aliphatic heterocycles. The zero-order valence-electron chi connectivity index (χ0n) is 10.5. The Labute approximate surface area is 103 Å². The Morgan fingerprint density at radius 1 is 1.18 bits per heavy atom. The second-order valence-electron chi connectivity index (χ2n) is 5.69. The van der Waals surface area contributed by atoms with Crippen molar-refractivity contribution in [2.45, 2.75) is 57.4 Å². The summed E-state index contributed by atoms with van der Waals surface area (Å²) in [6.07, 6.45) is 11.8. The number of nitrogens with zero attached hydrogens (tertiary/aromatic N) is 1. The van der Waals surface area contributed by atoms with Crippen LogP contribution in [-0.2, 0) is 6.54 Å². The lowest BCUT2D eigenvalue weighted by atomic mass is 9.87. The summed E-state index contributed by atoms with van der Waals surface area (Å²) < 4.78 is 0. The summed E-state index contributed by atoms with van der Waals surface area (Å²) in [5.74, 6) is 2.81. The van der Waals surface area contributed by atoms with E-state index in [9.17, 15) is 0 Å². The Kier molecular flexibility index (Phi) is 3.46. The van der Waals surface area contributed by atoms with Gasteiger partial charge in [0.1, 0.15) is 5.82 Å². The molecule has 0 aromatic carbocycles. The number of nitrogens with one attached hydrogen (secondary N) is 2. The minimum atomic E-state index is 0.744. The third-order valence-corrected chi connectivity index (χ3v) is 4.12. The van der Waals surface area contributed by atoms with Gasteiger partial charge in [-0.3, -0.25) is 0 Å². The maximum Gasteiger partial charge on any atom is 0.120 e. The molecule has 1 aromatic rings. The first-order valence-corrected chi connectivity index (χ1v) is 7.16. The van der Waals surface area contributed by atoms with Crippen LogP contribution in [0.5, 0.6) is 0 Å². The highest BCUT2D eigenvalue weighted by Crippen LogP contribution is 2.31. The molecule has 3 rings (SSSR count). The maximum atomic E-state index is 4.49. The molecule has 94 valence electrons. The number of aromatic nitrogens is 2. The minimum absolute atomic E-state index is 0.744. The first kappa shape index (κ1) is 11.3.